The molecule has 1 aromatic carbocycles. The zero-order chi connectivity index (χ0) is 28.6. The van der Waals surface area contributed by atoms with Gasteiger partial charge < -0.3 is 14.2 Å². The molecule has 4 nitrogen and oxygen atoms in total. The molecule has 0 heterocycles. The third-order valence-corrected chi connectivity index (χ3v) is 15.7. The van der Waals surface area contributed by atoms with Crippen molar-refractivity contribution in [1.82, 2.24) is 5.01 Å². The van der Waals surface area contributed by atoms with Gasteiger partial charge in [0.25, 0.3) is 0 Å². The molecule has 0 spiro atoms. The lowest BCUT2D eigenvalue weighted by Crippen LogP contribution is -2.46. The zero-order valence-electron chi connectivity index (χ0n) is 26.9. The number of methoxy groups -OCH3 is 1. The van der Waals surface area contributed by atoms with Gasteiger partial charge in [0.1, 0.15) is 5.75 Å². The van der Waals surface area contributed by atoms with Gasteiger partial charge >= 0.3 is 0 Å². The summed E-state index contributed by atoms with van der Waals surface area (Å²) in [5.74, 6) is 4.57. The fourth-order valence-corrected chi connectivity index (χ4v) is 9.30. The molecule has 6 atom stereocenters. The number of unbranched alkanes of at least 4 members (excludes halogenated alkanes) is 1. The Hall–Kier alpha value is -1.33. The molecule has 0 aromatic heterocycles. The van der Waals surface area contributed by atoms with Crippen LogP contribution in [0.4, 0.5) is 0 Å². The highest BCUT2D eigenvalue weighted by Gasteiger charge is 2.58. The van der Waals surface area contributed by atoms with Gasteiger partial charge in [0, 0.05) is 31.8 Å². The highest BCUT2D eigenvalue weighted by atomic mass is 28.4. The number of hydrazone groups is 1. The molecule has 0 saturated heterocycles. The third-order valence-electron chi connectivity index (χ3n) is 11.2. The van der Waals surface area contributed by atoms with Crippen LogP contribution in [0, 0.1) is 29.1 Å². The van der Waals surface area contributed by atoms with Gasteiger partial charge in [-0.3, -0.25) is 0 Å². The Balaban J connectivity index is 1.54. The minimum Gasteiger partial charge on any atom is -0.497 e. The van der Waals surface area contributed by atoms with Crippen molar-refractivity contribution in [3.8, 4) is 5.75 Å². The van der Waals surface area contributed by atoms with E-state index in [2.05, 4.69) is 85.0 Å². The Labute approximate surface area is 241 Å². The minimum atomic E-state index is -1.67. The minimum absolute atomic E-state index is 0.226. The summed E-state index contributed by atoms with van der Waals surface area (Å²) in [4.78, 5) is 0. The summed E-state index contributed by atoms with van der Waals surface area (Å²) in [5, 5.41) is 7.63. The van der Waals surface area contributed by atoms with E-state index in [1.165, 1.54) is 63.5 Å². The SMILES string of the molecule is CCC[C@@H]1Cc2cc(OC)ccc2[C@H]2CC[C@]3(C)C(=NN(C)C)[C@H](CCCCO[Si](C)(C)C(C)(C)C)C[C@H]3[C@H]12. The van der Waals surface area contributed by atoms with E-state index >= 15 is 0 Å². The fraction of sp³-hybridized carbons (Fsp3) is 0.794. The van der Waals surface area contributed by atoms with Gasteiger partial charge in [-0.2, -0.15) is 5.10 Å². The maximum absolute atomic E-state index is 6.52. The highest BCUT2D eigenvalue weighted by Crippen LogP contribution is 2.63. The molecule has 0 amide bonds. The average molecular weight is 555 g/mol. The molecule has 3 aliphatic carbocycles. The van der Waals surface area contributed by atoms with Crippen LogP contribution in [-0.2, 0) is 10.8 Å². The van der Waals surface area contributed by atoms with E-state index in [1.807, 2.05) is 0 Å². The molecule has 0 N–H and O–H groups in total. The first-order chi connectivity index (χ1) is 18.3. The van der Waals surface area contributed by atoms with Gasteiger partial charge in [-0.1, -0.05) is 59.9 Å². The number of benzene rings is 1. The van der Waals surface area contributed by atoms with Gasteiger partial charge in [0.15, 0.2) is 8.32 Å². The van der Waals surface area contributed by atoms with Crippen LogP contribution in [0.3, 0.4) is 0 Å². The Morgan fingerprint density at radius 3 is 2.51 bits per heavy atom. The largest absolute Gasteiger partial charge is 0.497 e. The van der Waals surface area contributed by atoms with Crippen molar-refractivity contribution >= 4 is 14.0 Å². The second kappa shape index (κ2) is 11.9. The van der Waals surface area contributed by atoms with E-state index in [4.69, 9.17) is 14.3 Å². The van der Waals surface area contributed by atoms with E-state index < -0.39 is 8.32 Å². The number of nitrogens with zero attached hydrogens (tertiary/aromatic N) is 2. The predicted molar refractivity (Wildman–Crippen MR) is 168 cm³/mol. The normalized spacial score (nSPS) is 31.5. The van der Waals surface area contributed by atoms with Crippen LogP contribution in [0.25, 0.3) is 0 Å². The number of fused-ring (bicyclic) bond motifs is 5. The number of hydrogen-bond acceptors (Lipinski definition) is 4. The standard InChI is InChI=1S/C34H58N2O2Si/c1-11-14-24-21-26-22-27(37-8)16-17-28(26)29-18-19-34(5)30(31(24)29)23-25(32(34)35-36(6)7)15-12-13-20-38-39(9,10)33(2,3)4/h16-17,22,24-25,29-31H,11-15,18-21,23H2,1-10H3/t24-,25-,29-,30+,31-,34+/m1/s1. The maximum atomic E-state index is 6.52. The summed E-state index contributed by atoms with van der Waals surface area (Å²) in [5.41, 5.74) is 4.91. The highest BCUT2D eigenvalue weighted by molar-refractivity contribution is 6.74. The second-order valence-electron chi connectivity index (χ2n) is 14.9. The molecule has 220 valence electrons. The molecule has 2 saturated carbocycles. The molecule has 39 heavy (non-hydrogen) atoms. The predicted octanol–water partition coefficient (Wildman–Crippen LogP) is 8.91. The molecule has 0 bridgehead atoms. The Kier molecular flexibility index (Phi) is 9.33. The van der Waals surface area contributed by atoms with Gasteiger partial charge in [0.2, 0.25) is 0 Å². The first kappa shape index (κ1) is 30.6. The first-order valence-corrected chi connectivity index (χ1v) is 18.8. The lowest BCUT2D eigenvalue weighted by molar-refractivity contribution is 0.0474. The molecular weight excluding hydrogens is 496 g/mol. The summed E-state index contributed by atoms with van der Waals surface area (Å²) in [6.07, 6.45) is 11.3. The molecular formula is C34H58N2O2Si. The zero-order valence-corrected chi connectivity index (χ0v) is 27.9. The number of ether oxygens (including phenoxy) is 1. The van der Waals surface area contributed by atoms with Crippen LogP contribution in [0.15, 0.2) is 23.3 Å². The quantitative estimate of drug-likeness (QED) is 0.164. The van der Waals surface area contributed by atoms with E-state index in [1.54, 1.807) is 18.2 Å². The van der Waals surface area contributed by atoms with Crippen LogP contribution in [0.5, 0.6) is 5.75 Å². The van der Waals surface area contributed by atoms with Crippen molar-refractivity contribution in [2.45, 2.75) is 116 Å². The molecule has 0 radical (unpaired) electrons. The van der Waals surface area contributed by atoms with Crippen molar-refractivity contribution in [3.63, 3.8) is 0 Å². The third kappa shape index (κ3) is 6.15. The van der Waals surface area contributed by atoms with Gasteiger partial charge in [0.05, 0.1) is 7.11 Å². The molecule has 2 fully saturated rings. The molecule has 5 heteroatoms. The Morgan fingerprint density at radius 2 is 1.87 bits per heavy atom. The number of hydrogen-bond donors (Lipinski definition) is 0. The Bertz CT molecular complexity index is 1010. The van der Waals surface area contributed by atoms with Crippen LogP contribution < -0.4 is 4.74 Å². The molecule has 4 rings (SSSR count). The summed E-state index contributed by atoms with van der Waals surface area (Å²) in [6.45, 7) is 17.6. The van der Waals surface area contributed by atoms with Crippen molar-refractivity contribution in [2.24, 2.45) is 34.2 Å². The van der Waals surface area contributed by atoms with Crippen LogP contribution >= 0.6 is 0 Å². The van der Waals surface area contributed by atoms with E-state index in [0.29, 0.717) is 11.8 Å². The summed E-state index contributed by atoms with van der Waals surface area (Å²) < 4.78 is 12.1. The average Bonchev–Trinajstić information content (AvgIpc) is 3.13. The fourth-order valence-electron chi connectivity index (χ4n) is 8.21. The molecule has 1 aromatic rings. The lowest BCUT2D eigenvalue weighted by atomic mass is 9.52. The van der Waals surface area contributed by atoms with Crippen LogP contribution in [-0.4, -0.2) is 46.9 Å². The topological polar surface area (TPSA) is 34.1 Å². The lowest BCUT2D eigenvalue weighted by Gasteiger charge is -2.52. The summed E-state index contributed by atoms with van der Waals surface area (Å²) >= 11 is 0. The van der Waals surface area contributed by atoms with Crippen molar-refractivity contribution in [2.75, 3.05) is 27.8 Å². The maximum Gasteiger partial charge on any atom is 0.191 e. The van der Waals surface area contributed by atoms with Crippen molar-refractivity contribution in [1.29, 1.82) is 0 Å². The van der Waals surface area contributed by atoms with E-state index in [0.717, 1.165) is 30.1 Å². The van der Waals surface area contributed by atoms with Gasteiger partial charge in [-0.05, 0) is 110 Å². The van der Waals surface area contributed by atoms with E-state index in [9.17, 15) is 0 Å². The van der Waals surface area contributed by atoms with Crippen LogP contribution in [0.2, 0.25) is 18.1 Å². The number of rotatable bonds is 10. The van der Waals surface area contributed by atoms with Crippen molar-refractivity contribution < 1.29 is 9.16 Å². The Morgan fingerprint density at radius 1 is 1.13 bits per heavy atom. The molecule has 0 unspecified atom stereocenters. The molecule has 3 aliphatic rings. The van der Waals surface area contributed by atoms with Crippen LogP contribution in [0.1, 0.15) is 103 Å². The monoisotopic (exact) mass is 554 g/mol. The second-order valence-corrected chi connectivity index (χ2v) is 19.7. The first-order valence-electron chi connectivity index (χ1n) is 15.9. The summed E-state index contributed by atoms with van der Waals surface area (Å²) in [6, 6.07) is 6.94. The smallest absolute Gasteiger partial charge is 0.191 e. The summed E-state index contributed by atoms with van der Waals surface area (Å²) in [7, 11) is 4.36. The van der Waals surface area contributed by atoms with Crippen molar-refractivity contribution in [3.05, 3.63) is 29.3 Å². The molecule has 0 aliphatic heterocycles. The van der Waals surface area contributed by atoms with Gasteiger partial charge in [-0.25, -0.2) is 0 Å². The van der Waals surface area contributed by atoms with E-state index in [-0.39, 0.29) is 10.5 Å². The van der Waals surface area contributed by atoms with Gasteiger partial charge in [-0.15, -0.1) is 0 Å².